The van der Waals surface area contributed by atoms with E-state index in [-0.39, 0.29) is 6.61 Å². The maximum absolute atomic E-state index is 10.8. The fourth-order valence-electron chi connectivity index (χ4n) is 4.87. The normalized spacial score (nSPS) is 24.8. The highest BCUT2D eigenvalue weighted by Gasteiger charge is 2.48. The summed E-state index contributed by atoms with van der Waals surface area (Å²) in [5.74, 6) is 0.785. The third-order valence-electron chi connectivity index (χ3n) is 6.91. The maximum Gasteiger partial charge on any atom is 0.224 e. The van der Waals surface area contributed by atoms with E-state index in [4.69, 9.17) is 4.98 Å². The Kier molecular flexibility index (Phi) is 6.39. The van der Waals surface area contributed by atoms with Crippen molar-refractivity contribution in [3.05, 3.63) is 23.7 Å². The number of hydrogen-bond acceptors (Lipinski definition) is 11. The molecular formula is C24H32N6O4S. The molecule has 3 aromatic heterocycles. The molecule has 2 saturated carbocycles. The van der Waals surface area contributed by atoms with E-state index in [2.05, 4.69) is 25.6 Å². The van der Waals surface area contributed by atoms with Gasteiger partial charge in [-0.25, -0.2) is 9.97 Å². The number of nitrogens with zero attached hydrogens (tertiary/aromatic N) is 4. The second-order valence-electron chi connectivity index (χ2n) is 10.1. The molecular weight excluding hydrogens is 468 g/mol. The molecule has 6 N–H and O–H groups in total. The number of thiazole rings is 1. The van der Waals surface area contributed by atoms with Crippen molar-refractivity contribution in [1.82, 2.24) is 19.9 Å². The van der Waals surface area contributed by atoms with Crippen LogP contribution in [0.5, 0.6) is 0 Å². The van der Waals surface area contributed by atoms with E-state index in [1.807, 2.05) is 19.2 Å². The first-order valence-electron chi connectivity index (χ1n) is 12.0. The largest absolute Gasteiger partial charge is 0.395 e. The summed E-state index contributed by atoms with van der Waals surface area (Å²) in [5.41, 5.74) is 2.20. The monoisotopic (exact) mass is 500 g/mol. The number of rotatable bonds is 8. The predicted molar refractivity (Wildman–Crippen MR) is 135 cm³/mol. The summed E-state index contributed by atoms with van der Waals surface area (Å²) < 4.78 is 1.04. The van der Waals surface area contributed by atoms with Crippen molar-refractivity contribution in [2.24, 2.45) is 5.92 Å². The lowest BCUT2D eigenvalue weighted by Crippen LogP contribution is -2.40. The van der Waals surface area contributed by atoms with Gasteiger partial charge in [0.1, 0.15) is 22.4 Å². The zero-order valence-corrected chi connectivity index (χ0v) is 20.9. The second-order valence-corrected chi connectivity index (χ2v) is 11.1. The molecule has 5 rings (SSSR count). The van der Waals surface area contributed by atoms with E-state index in [0.29, 0.717) is 36.3 Å². The fraction of sp³-hybridized carbons (Fsp3) is 0.583. The molecule has 0 bridgehead atoms. The van der Waals surface area contributed by atoms with Crippen LogP contribution in [0.1, 0.15) is 50.4 Å². The quantitative estimate of drug-likeness (QED) is 0.270. The molecule has 2 aliphatic rings. The molecule has 0 amide bonds. The van der Waals surface area contributed by atoms with Crippen LogP contribution in [0, 0.1) is 12.8 Å². The molecule has 35 heavy (non-hydrogen) atoms. The van der Waals surface area contributed by atoms with Gasteiger partial charge in [-0.1, -0.05) is 0 Å². The Hall–Kier alpha value is -2.44. The van der Waals surface area contributed by atoms with Gasteiger partial charge in [-0.2, -0.15) is 4.98 Å². The van der Waals surface area contributed by atoms with Crippen LogP contribution < -0.4 is 10.6 Å². The van der Waals surface area contributed by atoms with E-state index in [1.165, 1.54) is 0 Å². The summed E-state index contributed by atoms with van der Waals surface area (Å²) in [6.07, 6.45) is 2.30. The Balaban J connectivity index is 1.55. The van der Waals surface area contributed by atoms with Crippen molar-refractivity contribution < 1.29 is 20.4 Å². The smallest absolute Gasteiger partial charge is 0.224 e. The van der Waals surface area contributed by atoms with E-state index < -0.39 is 29.8 Å². The average molecular weight is 501 g/mol. The molecule has 4 atom stereocenters. The van der Waals surface area contributed by atoms with Gasteiger partial charge in [0.2, 0.25) is 5.95 Å². The number of anilines is 2. The van der Waals surface area contributed by atoms with Crippen LogP contribution in [-0.4, -0.2) is 77.4 Å². The third-order valence-corrected chi connectivity index (χ3v) is 7.95. The molecule has 3 aromatic rings. The number of aliphatic hydroxyl groups excluding tert-OH is 3. The molecule has 10 nitrogen and oxygen atoms in total. The van der Waals surface area contributed by atoms with E-state index in [1.54, 1.807) is 25.2 Å². The summed E-state index contributed by atoms with van der Waals surface area (Å²) in [4.78, 5) is 18.7. The van der Waals surface area contributed by atoms with Crippen molar-refractivity contribution in [2.75, 3.05) is 23.8 Å². The highest BCUT2D eigenvalue weighted by molar-refractivity contribution is 7.21. The van der Waals surface area contributed by atoms with Gasteiger partial charge >= 0.3 is 0 Å². The number of aryl methyl sites for hydroxylation is 1. The molecule has 2 fully saturated rings. The summed E-state index contributed by atoms with van der Waals surface area (Å²) in [6.45, 7) is 5.38. The topological polar surface area (TPSA) is 157 Å². The Morgan fingerprint density at radius 2 is 1.91 bits per heavy atom. The molecule has 0 aliphatic heterocycles. The molecule has 188 valence electrons. The van der Waals surface area contributed by atoms with Crippen molar-refractivity contribution in [2.45, 2.75) is 69.8 Å². The van der Waals surface area contributed by atoms with Crippen molar-refractivity contribution in [3.63, 3.8) is 0 Å². The Labute approximate surface area is 207 Å². The van der Waals surface area contributed by atoms with Crippen LogP contribution in [0.3, 0.4) is 0 Å². The first kappa shape index (κ1) is 24.3. The lowest BCUT2D eigenvalue weighted by molar-refractivity contribution is -0.0601. The van der Waals surface area contributed by atoms with Gasteiger partial charge in [0, 0.05) is 24.6 Å². The SMILES string of the molecule is Cc1nc(NCCO)nc(NC2CC(C(C)(C)O)C(O)C2O)c1-c1nc2c(C3CC3)nccc2s1. The second kappa shape index (κ2) is 9.21. The minimum Gasteiger partial charge on any atom is -0.395 e. The Morgan fingerprint density at radius 3 is 2.57 bits per heavy atom. The molecule has 0 radical (unpaired) electrons. The van der Waals surface area contributed by atoms with Crippen LogP contribution in [0.15, 0.2) is 12.3 Å². The van der Waals surface area contributed by atoms with Crippen LogP contribution in [0.2, 0.25) is 0 Å². The zero-order valence-electron chi connectivity index (χ0n) is 20.1. The third kappa shape index (κ3) is 4.70. The summed E-state index contributed by atoms with van der Waals surface area (Å²) in [7, 11) is 0. The van der Waals surface area contributed by atoms with E-state index in [9.17, 15) is 20.4 Å². The van der Waals surface area contributed by atoms with Gasteiger partial charge in [-0.3, -0.25) is 4.98 Å². The van der Waals surface area contributed by atoms with E-state index in [0.717, 1.165) is 39.3 Å². The van der Waals surface area contributed by atoms with Gasteiger partial charge < -0.3 is 31.1 Å². The first-order chi connectivity index (χ1) is 16.7. The molecule has 0 saturated heterocycles. The summed E-state index contributed by atoms with van der Waals surface area (Å²) in [5, 5.41) is 48.2. The molecule has 0 spiro atoms. The van der Waals surface area contributed by atoms with Gasteiger partial charge in [0.15, 0.2) is 0 Å². The van der Waals surface area contributed by atoms with Gasteiger partial charge in [0.25, 0.3) is 0 Å². The minimum atomic E-state index is -1.14. The Morgan fingerprint density at radius 1 is 1.14 bits per heavy atom. The number of hydrogen-bond donors (Lipinski definition) is 6. The summed E-state index contributed by atoms with van der Waals surface area (Å²) in [6, 6.07) is 1.44. The van der Waals surface area contributed by atoms with Crippen LogP contribution in [-0.2, 0) is 0 Å². The lowest BCUT2D eigenvalue weighted by Gasteiger charge is -2.28. The Bertz CT molecular complexity index is 1220. The highest BCUT2D eigenvalue weighted by Crippen LogP contribution is 2.45. The standard InChI is InChI=1S/C24H32N6O4S/c1-11-16(22-29-18-15(35-22)6-7-25-17(18)12-4-5-12)21(30-23(27-11)26-8-9-31)28-14-10-13(24(2,3)34)19(32)20(14)33/h6-7,12-14,19-20,31-34H,4-5,8-10H2,1-3H3,(H2,26,27,28,30). The number of nitrogens with one attached hydrogen (secondary N) is 2. The maximum atomic E-state index is 10.8. The van der Waals surface area contributed by atoms with E-state index >= 15 is 0 Å². The van der Waals surface area contributed by atoms with Gasteiger partial charge in [0.05, 0.1) is 46.0 Å². The predicted octanol–water partition coefficient (Wildman–Crippen LogP) is 2.03. The van der Waals surface area contributed by atoms with Crippen molar-refractivity contribution in [3.8, 4) is 10.6 Å². The number of fused-ring (bicyclic) bond motifs is 1. The fourth-order valence-corrected chi connectivity index (χ4v) is 5.94. The van der Waals surface area contributed by atoms with Gasteiger partial charge in [-0.05, 0) is 46.1 Å². The average Bonchev–Trinajstić information content (AvgIpc) is 3.49. The molecule has 11 heteroatoms. The lowest BCUT2D eigenvalue weighted by atomic mass is 9.88. The first-order valence-corrected chi connectivity index (χ1v) is 12.8. The number of aromatic nitrogens is 4. The summed E-state index contributed by atoms with van der Waals surface area (Å²) >= 11 is 1.54. The molecule has 0 aromatic carbocycles. The highest BCUT2D eigenvalue weighted by atomic mass is 32.1. The number of aliphatic hydroxyl groups is 4. The minimum absolute atomic E-state index is 0.0669. The van der Waals surface area contributed by atoms with Crippen molar-refractivity contribution in [1.29, 1.82) is 0 Å². The van der Waals surface area contributed by atoms with Crippen LogP contribution >= 0.6 is 11.3 Å². The zero-order chi connectivity index (χ0) is 24.9. The molecule has 3 heterocycles. The van der Waals surface area contributed by atoms with Crippen LogP contribution in [0.25, 0.3) is 20.8 Å². The van der Waals surface area contributed by atoms with Crippen LogP contribution in [0.4, 0.5) is 11.8 Å². The molecule has 2 aliphatic carbocycles. The van der Waals surface area contributed by atoms with Crippen molar-refractivity contribution >= 4 is 33.3 Å². The number of pyridine rings is 1. The molecule has 4 unspecified atom stereocenters. The van der Waals surface area contributed by atoms with Gasteiger partial charge in [-0.15, -0.1) is 11.3 Å².